The Kier molecular flexibility index (Phi) is 5.83. The first-order chi connectivity index (χ1) is 10.0. The summed E-state index contributed by atoms with van der Waals surface area (Å²) >= 11 is 0. The summed E-state index contributed by atoms with van der Waals surface area (Å²) in [6, 6.07) is 10.9. The first-order valence-corrected chi connectivity index (χ1v) is 8.58. The van der Waals surface area contributed by atoms with Crippen LogP contribution in [0.1, 0.15) is 57.7 Å². The number of nitrogens with zero attached hydrogens (tertiary/aromatic N) is 1. The second kappa shape index (κ2) is 7.42. The maximum atomic E-state index is 3.76. The van der Waals surface area contributed by atoms with Crippen molar-refractivity contribution in [1.82, 2.24) is 10.2 Å². The van der Waals surface area contributed by atoms with Crippen molar-refractivity contribution in [2.24, 2.45) is 5.92 Å². The van der Waals surface area contributed by atoms with Gasteiger partial charge >= 0.3 is 0 Å². The molecule has 2 rings (SSSR count). The smallest absolute Gasteiger partial charge is 0.0324 e. The summed E-state index contributed by atoms with van der Waals surface area (Å²) < 4.78 is 0. The lowest BCUT2D eigenvalue weighted by Crippen LogP contribution is -2.58. The average Bonchev–Trinajstić information content (AvgIpc) is 2.47. The number of benzene rings is 1. The second-order valence-corrected chi connectivity index (χ2v) is 6.99. The molecule has 1 aromatic carbocycles. The monoisotopic (exact) mass is 288 g/mol. The van der Waals surface area contributed by atoms with E-state index in [0.29, 0.717) is 24.0 Å². The highest BCUT2D eigenvalue weighted by Gasteiger charge is 2.32. The van der Waals surface area contributed by atoms with Gasteiger partial charge in [-0.3, -0.25) is 4.90 Å². The van der Waals surface area contributed by atoms with Gasteiger partial charge in [0.2, 0.25) is 0 Å². The summed E-state index contributed by atoms with van der Waals surface area (Å²) in [5.74, 6) is 0.688. The first kappa shape index (κ1) is 16.5. The van der Waals surface area contributed by atoms with Crippen LogP contribution in [0.25, 0.3) is 0 Å². The number of hydrogen-bond donors (Lipinski definition) is 1. The number of piperazine rings is 1. The van der Waals surface area contributed by atoms with Crippen molar-refractivity contribution in [3.05, 3.63) is 35.4 Å². The van der Waals surface area contributed by atoms with Crippen LogP contribution >= 0.6 is 0 Å². The van der Waals surface area contributed by atoms with Crippen LogP contribution in [-0.2, 0) is 0 Å². The van der Waals surface area contributed by atoms with E-state index >= 15 is 0 Å². The van der Waals surface area contributed by atoms with Gasteiger partial charge < -0.3 is 5.32 Å². The van der Waals surface area contributed by atoms with Gasteiger partial charge in [-0.2, -0.15) is 0 Å². The normalized spacial score (nSPS) is 25.2. The summed E-state index contributed by atoms with van der Waals surface area (Å²) in [6.45, 7) is 13.8. The van der Waals surface area contributed by atoms with Gasteiger partial charge in [0, 0.05) is 31.2 Å². The van der Waals surface area contributed by atoms with Crippen LogP contribution in [0.15, 0.2) is 24.3 Å². The molecular formula is C19H32N2. The SMILES string of the molecule is CCCC1CN(C(C)c2ccc(C)cc2)C(C(C)C)CN1. The number of nitrogens with one attached hydrogen (secondary N) is 1. The van der Waals surface area contributed by atoms with Crippen molar-refractivity contribution in [3.63, 3.8) is 0 Å². The molecule has 1 N–H and O–H groups in total. The van der Waals surface area contributed by atoms with Crippen LogP contribution in [0.5, 0.6) is 0 Å². The molecule has 3 unspecified atom stereocenters. The van der Waals surface area contributed by atoms with Crippen LogP contribution in [-0.4, -0.2) is 30.1 Å². The highest BCUT2D eigenvalue weighted by molar-refractivity contribution is 5.24. The quantitative estimate of drug-likeness (QED) is 0.875. The van der Waals surface area contributed by atoms with Gasteiger partial charge in [0.15, 0.2) is 0 Å². The van der Waals surface area contributed by atoms with Gasteiger partial charge in [-0.1, -0.05) is 57.0 Å². The average molecular weight is 288 g/mol. The highest BCUT2D eigenvalue weighted by atomic mass is 15.3. The lowest BCUT2D eigenvalue weighted by molar-refractivity contribution is 0.0598. The predicted molar refractivity (Wildman–Crippen MR) is 91.6 cm³/mol. The minimum Gasteiger partial charge on any atom is -0.311 e. The van der Waals surface area contributed by atoms with Gasteiger partial charge in [0.25, 0.3) is 0 Å². The molecule has 2 heteroatoms. The zero-order chi connectivity index (χ0) is 15.4. The molecule has 2 nitrogen and oxygen atoms in total. The largest absolute Gasteiger partial charge is 0.311 e. The van der Waals surface area contributed by atoms with E-state index in [-0.39, 0.29) is 0 Å². The minimum absolute atomic E-state index is 0.499. The van der Waals surface area contributed by atoms with E-state index in [1.807, 2.05) is 0 Å². The van der Waals surface area contributed by atoms with Crippen molar-refractivity contribution in [2.75, 3.05) is 13.1 Å². The third-order valence-electron chi connectivity index (χ3n) is 4.94. The van der Waals surface area contributed by atoms with Crippen molar-refractivity contribution in [1.29, 1.82) is 0 Å². The molecule has 0 spiro atoms. The molecule has 21 heavy (non-hydrogen) atoms. The summed E-state index contributed by atoms with van der Waals surface area (Å²) in [7, 11) is 0. The molecule has 0 saturated carbocycles. The van der Waals surface area contributed by atoms with Crippen LogP contribution in [0.4, 0.5) is 0 Å². The zero-order valence-corrected chi connectivity index (χ0v) is 14.4. The maximum absolute atomic E-state index is 3.76. The Labute approximate surface area is 130 Å². The Morgan fingerprint density at radius 3 is 2.43 bits per heavy atom. The topological polar surface area (TPSA) is 15.3 Å². The van der Waals surface area contributed by atoms with Gasteiger partial charge in [-0.05, 0) is 31.7 Å². The molecule has 0 aliphatic carbocycles. The molecule has 0 amide bonds. The number of hydrogen-bond acceptors (Lipinski definition) is 2. The molecule has 1 aromatic rings. The molecule has 0 bridgehead atoms. The van der Waals surface area contributed by atoms with E-state index in [1.54, 1.807) is 0 Å². The van der Waals surface area contributed by atoms with Crippen LogP contribution in [0, 0.1) is 12.8 Å². The molecule has 1 aliphatic rings. The van der Waals surface area contributed by atoms with Gasteiger partial charge in [0.1, 0.15) is 0 Å². The summed E-state index contributed by atoms with van der Waals surface area (Å²) in [5, 5.41) is 3.76. The van der Waals surface area contributed by atoms with Gasteiger partial charge in [0.05, 0.1) is 0 Å². The molecule has 1 saturated heterocycles. The Hall–Kier alpha value is -0.860. The highest BCUT2D eigenvalue weighted by Crippen LogP contribution is 2.28. The Morgan fingerprint density at radius 1 is 1.19 bits per heavy atom. The maximum Gasteiger partial charge on any atom is 0.0324 e. The molecule has 0 aromatic heterocycles. The molecule has 1 fully saturated rings. The van der Waals surface area contributed by atoms with Gasteiger partial charge in [-0.25, -0.2) is 0 Å². The fourth-order valence-electron chi connectivity index (χ4n) is 3.50. The van der Waals surface area contributed by atoms with E-state index in [1.165, 1.54) is 30.5 Å². The van der Waals surface area contributed by atoms with E-state index in [4.69, 9.17) is 0 Å². The lowest BCUT2D eigenvalue weighted by Gasteiger charge is -2.45. The van der Waals surface area contributed by atoms with Crippen LogP contribution < -0.4 is 5.32 Å². The van der Waals surface area contributed by atoms with Crippen LogP contribution in [0.2, 0.25) is 0 Å². The van der Waals surface area contributed by atoms with E-state index in [9.17, 15) is 0 Å². The molecular weight excluding hydrogens is 256 g/mol. The molecule has 1 aliphatic heterocycles. The summed E-state index contributed by atoms with van der Waals surface area (Å²) in [5.41, 5.74) is 2.79. The van der Waals surface area contributed by atoms with Crippen LogP contribution in [0.3, 0.4) is 0 Å². The Balaban J connectivity index is 2.16. The second-order valence-electron chi connectivity index (χ2n) is 6.99. The standard InChI is InChI=1S/C19H32N2/c1-6-7-18-13-21(19(12-20-18)14(2)3)16(5)17-10-8-15(4)9-11-17/h8-11,14,16,18-20H,6-7,12-13H2,1-5H3. The van der Waals surface area contributed by atoms with E-state index in [0.717, 1.165) is 6.54 Å². The minimum atomic E-state index is 0.499. The predicted octanol–water partition coefficient (Wildman–Crippen LogP) is 4.15. The lowest BCUT2D eigenvalue weighted by atomic mass is 9.93. The van der Waals surface area contributed by atoms with Crippen molar-refractivity contribution < 1.29 is 0 Å². The van der Waals surface area contributed by atoms with E-state index in [2.05, 4.69) is 69.1 Å². The summed E-state index contributed by atoms with van der Waals surface area (Å²) in [4.78, 5) is 2.73. The molecule has 0 radical (unpaired) electrons. The Bertz CT molecular complexity index is 424. The van der Waals surface area contributed by atoms with Crippen molar-refractivity contribution in [3.8, 4) is 0 Å². The Morgan fingerprint density at radius 2 is 1.86 bits per heavy atom. The third kappa shape index (κ3) is 4.08. The van der Waals surface area contributed by atoms with E-state index < -0.39 is 0 Å². The molecule has 3 atom stereocenters. The number of aryl methyl sites for hydroxylation is 1. The fraction of sp³-hybridized carbons (Fsp3) is 0.684. The third-order valence-corrected chi connectivity index (χ3v) is 4.94. The molecule has 118 valence electrons. The molecule has 1 heterocycles. The van der Waals surface area contributed by atoms with Gasteiger partial charge in [-0.15, -0.1) is 0 Å². The number of rotatable bonds is 5. The van der Waals surface area contributed by atoms with Crippen molar-refractivity contribution in [2.45, 2.75) is 65.6 Å². The zero-order valence-electron chi connectivity index (χ0n) is 14.4. The fourth-order valence-corrected chi connectivity index (χ4v) is 3.50. The summed E-state index contributed by atoms with van der Waals surface area (Å²) in [6.07, 6.45) is 2.54. The van der Waals surface area contributed by atoms with Crippen molar-refractivity contribution >= 4 is 0 Å². The first-order valence-electron chi connectivity index (χ1n) is 8.58.